The molecule has 0 fully saturated rings. The number of hydrogen-bond acceptors (Lipinski definition) is 4. The molecule has 10 aromatic rings. The van der Waals surface area contributed by atoms with Gasteiger partial charge in [0, 0.05) is 36.9 Å². The van der Waals surface area contributed by atoms with Crippen molar-refractivity contribution in [2.75, 3.05) is 0 Å². The van der Waals surface area contributed by atoms with Crippen LogP contribution in [0.5, 0.6) is 0 Å². The summed E-state index contributed by atoms with van der Waals surface area (Å²) >= 11 is 1.81. The van der Waals surface area contributed by atoms with Crippen LogP contribution in [0.25, 0.3) is 87.7 Å². The number of fused-ring (bicyclic) bond motifs is 13. The van der Waals surface area contributed by atoms with Crippen LogP contribution in [0.4, 0.5) is 0 Å². The lowest BCUT2D eigenvalue weighted by molar-refractivity contribution is 0.794. The van der Waals surface area contributed by atoms with E-state index in [1.54, 1.807) is 0 Å². The van der Waals surface area contributed by atoms with Gasteiger partial charge in [0.2, 0.25) is 0 Å². The third-order valence-electron chi connectivity index (χ3n) is 11.8. The first-order valence-electron chi connectivity index (χ1n) is 19.0. The van der Waals surface area contributed by atoms with Crippen LogP contribution in [-0.4, -0.2) is 15.0 Å². The Hall–Kier alpha value is -7.01. The normalized spacial score (nSPS) is 13.1. The van der Waals surface area contributed by atoms with E-state index in [0.717, 1.165) is 22.3 Å². The molecule has 2 heterocycles. The monoisotopic (exact) mass is 729 g/mol. The topological polar surface area (TPSA) is 38.7 Å². The van der Waals surface area contributed by atoms with Crippen molar-refractivity contribution >= 4 is 31.5 Å². The van der Waals surface area contributed by atoms with Crippen LogP contribution in [0, 0.1) is 0 Å². The van der Waals surface area contributed by atoms with Crippen molar-refractivity contribution < 1.29 is 0 Å². The molecule has 3 nitrogen and oxygen atoms in total. The number of aromatic nitrogens is 3. The first-order valence-corrected chi connectivity index (χ1v) is 19.8. The van der Waals surface area contributed by atoms with E-state index in [9.17, 15) is 0 Å². The fourth-order valence-electron chi connectivity index (χ4n) is 9.31. The molecule has 0 amide bonds. The van der Waals surface area contributed by atoms with Crippen molar-refractivity contribution in [2.45, 2.75) is 5.41 Å². The molecule has 2 aliphatic rings. The van der Waals surface area contributed by atoms with Gasteiger partial charge in [0.05, 0.1) is 5.41 Å². The molecule has 56 heavy (non-hydrogen) atoms. The van der Waals surface area contributed by atoms with Crippen LogP contribution < -0.4 is 0 Å². The minimum atomic E-state index is -0.338. The van der Waals surface area contributed by atoms with E-state index < -0.39 is 0 Å². The summed E-state index contributed by atoms with van der Waals surface area (Å²) < 4.78 is 2.54. The summed E-state index contributed by atoms with van der Waals surface area (Å²) in [6.45, 7) is 0. The van der Waals surface area contributed by atoms with E-state index in [1.807, 2.05) is 29.5 Å². The predicted molar refractivity (Wildman–Crippen MR) is 231 cm³/mol. The molecule has 0 N–H and O–H groups in total. The van der Waals surface area contributed by atoms with Crippen molar-refractivity contribution in [3.8, 4) is 67.5 Å². The molecule has 0 radical (unpaired) electrons. The lowest BCUT2D eigenvalue weighted by Crippen LogP contribution is -2.25. The van der Waals surface area contributed by atoms with E-state index in [2.05, 4.69) is 170 Å². The highest BCUT2D eigenvalue weighted by Crippen LogP contribution is 2.62. The number of hydrogen-bond donors (Lipinski definition) is 0. The largest absolute Gasteiger partial charge is 0.208 e. The highest BCUT2D eigenvalue weighted by molar-refractivity contribution is 7.25. The van der Waals surface area contributed by atoms with Crippen LogP contribution in [0.3, 0.4) is 0 Å². The third-order valence-corrected chi connectivity index (χ3v) is 12.9. The number of rotatable bonds is 4. The second-order valence-corrected chi connectivity index (χ2v) is 15.8. The Morgan fingerprint density at radius 3 is 1.45 bits per heavy atom. The standard InChI is InChI=1S/C52H31N3S/c1-2-12-33(13-3-1)49-53-50(55-51(54-49)36-27-29-48-42(31-36)40-17-7-11-21-47(40)56-48)34-24-22-32(23-25-34)35-26-28-46-41(30-35)39-16-6-10-20-45(39)52(46)43-18-8-4-14-37(43)38-15-5-9-19-44(38)52/h1-31H. The van der Waals surface area contributed by atoms with Gasteiger partial charge in [-0.3, -0.25) is 0 Å². The zero-order valence-corrected chi connectivity index (χ0v) is 31.0. The SMILES string of the molecule is c1ccc(-c2nc(-c3ccc(-c4ccc5c(c4)-c4ccccc4C54c5ccccc5-c5ccccc54)cc3)nc(-c3ccc4sc5ccccc5c4c3)n2)cc1. The molecule has 0 unspecified atom stereocenters. The van der Waals surface area contributed by atoms with Gasteiger partial charge < -0.3 is 0 Å². The minimum absolute atomic E-state index is 0.338. The van der Waals surface area contributed by atoms with E-state index in [0.29, 0.717) is 17.5 Å². The van der Waals surface area contributed by atoms with Crippen molar-refractivity contribution in [2.24, 2.45) is 0 Å². The van der Waals surface area contributed by atoms with Gasteiger partial charge in [-0.2, -0.15) is 0 Å². The molecule has 4 heteroatoms. The molecule has 2 aliphatic carbocycles. The third kappa shape index (κ3) is 4.48. The zero-order chi connectivity index (χ0) is 36.8. The molecule has 0 saturated carbocycles. The molecule has 12 rings (SSSR count). The van der Waals surface area contributed by atoms with Gasteiger partial charge in [-0.25, -0.2) is 15.0 Å². The van der Waals surface area contributed by atoms with Gasteiger partial charge in [-0.1, -0.05) is 158 Å². The molecule has 0 atom stereocenters. The molecular formula is C52H31N3S. The Bertz CT molecular complexity index is 3150. The summed E-state index contributed by atoms with van der Waals surface area (Å²) in [4.78, 5) is 15.2. The van der Waals surface area contributed by atoms with Gasteiger partial charge in [-0.15, -0.1) is 11.3 Å². The van der Waals surface area contributed by atoms with Gasteiger partial charge in [-0.05, 0) is 86.0 Å². The number of nitrogens with zero attached hydrogens (tertiary/aromatic N) is 3. The highest BCUT2D eigenvalue weighted by Gasteiger charge is 2.51. The van der Waals surface area contributed by atoms with Gasteiger partial charge in [0.1, 0.15) is 0 Å². The molecule has 0 bridgehead atoms. The molecule has 2 aromatic heterocycles. The first-order chi connectivity index (χ1) is 27.7. The second kappa shape index (κ2) is 12.0. The summed E-state index contributed by atoms with van der Waals surface area (Å²) in [5.74, 6) is 1.97. The maximum Gasteiger partial charge on any atom is 0.164 e. The van der Waals surface area contributed by atoms with Crippen LogP contribution in [0.1, 0.15) is 22.3 Å². The molecule has 0 aliphatic heterocycles. The molecule has 1 spiro atoms. The predicted octanol–water partition coefficient (Wildman–Crippen LogP) is 13.3. The van der Waals surface area contributed by atoms with Crippen LogP contribution in [0.2, 0.25) is 0 Å². The Labute approximate surface area is 328 Å². The fraction of sp³-hybridized carbons (Fsp3) is 0.0192. The first kappa shape index (κ1) is 31.4. The van der Waals surface area contributed by atoms with Crippen LogP contribution in [0.15, 0.2) is 188 Å². The average molecular weight is 730 g/mol. The lowest BCUT2D eigenvalue weighted by Gasteiger charge is -2.30. The van der Waals surface area contributed by atoms with Crippen LogP contribution >= 0.6 is 11.3 Å². The molecule has 260 valence electrons. The summed E-state index contributed by atoms with van der Waals surface area (Å²) in [7, 11) is 0. The van der Waals surface area contributed by atoms with E-state index >= 15 is 0 Å². The average Bonchev–Trinajstić information content (AvgIpc) is 3.90. The molecule has 8 aromatic carbocycles. The summed E-state index contributed by atoms with van der Waals surface area (Å²) in [6, 6.07) is 67.9. The summed E-state index contributed by atoms with van der Waals surface area (Å²) in [5.41, 5.74) is 15.5. The smallest absolute Gasteiger partial charge is 0.164 e. The maximum absolute atomic E-state index is 5.10. The van der Waals surface area contributed by atoms with Crippen molar-refractivity contribution in [3.05, 3.63) is 210 Å². The quantitative estimate of drug-likeness (QED) is 0.181. The Kier molecular flexibility index (Phi) is 6.72. The van der Waals surface area contributed by atoms with Crippen molar-refractivity contribution in [1.82, 2.24) is 15.0 Å². The van der Waals surface area contributed by atoms with Gasteiger partial charge >= 0.3 is 0 Å². The lowest BCUT2D eigenvalue weighted by atomic mass is 9.70. The zero-order valence-electron chi connectivity index (χ0n) is 30.1. The molecule has 0 saturated heterocycles. The van der Waals surface area contributed by atoms with Gasteiger partial charge in [0.15, 0.2) is 17.5 Å². The summed E-state index contributed by atoms with van der Waals surface area (Å²) in [5, 5.41) is 2.48. The van der Waals surface area contributed by atoms with E-state index in [4.69, 9.17) is 15.0 Å². The Morgan fingerprint density at radius 1 is 0.304 bits per heavy atom. The second-order valence-electron chi connectivity index (χ2n) is 14.7. The fourth-order valence-corrected chi connectivity index (χ4v) is 10.4. The van der Waals surface area contributed by atoms with E-state index in [1.165, 1.54) is 70.2 Å². The van der Waals surface area contributed by atoms with Gasteiger partial charge in [0.25, 0.3) is 0 Å². The van der Waals surface area contributed by atoms with Crippen molar-refractivity contribution in [1.29, 1.82) is 0 Å². The molecular weight excluding hydrogens is 699 g/mol. The minimum Gasteiger partial charge on any atom is -0.208 e. The summed E-state index contributed by atoms with van der Waals surface area (Å²) in [6.07, 6.45) is 0. The van der Waals surface area contributed by atoms with Crippen molar-refractivity contribution in [3.63, 3.8) is 0 Å². The Morgan fingerprint density at radius 2 is 0.768 bits per heavy atom. The highest BCUT2D eigenvalue weighted by atomic mass is 32.1. The van der Waals surface area contributed by atoms with Crippen LogP contribution in [-0.2, 0) is 5.41 Å². The van der Waals surface area contributed by atoms with E-state index in [-0.39, 0.29) is 5.41 Å². The number of benzene rings is 8. The Balaban J connectivity index is 0.964. The number of thiophene rings is 1. The maximum atomic E-state index is 5.10.